The summed E-state index contributed by atoms with van der Waals surface area (Å²) in [6.45, 7) is 2.79. The summed E-state index contributed by atoms with van der Waals surface area (Å²) in [5.74, 6) is -0.402. The Morgan fingerprint density at radius 2 is 2.42 bits per heavy atom. The van der Waals surface area contributed by atoms with E-state index in [0.717, 1.165) is 0 Å². The van der Waals surface area contributed by atoms with E-state index in [1.165, 1.54) is 19.9 Å². The molecule has 0 rings (SSSR count). The lowest BCUT2D eigenvalue weighted by molar-refractivity contribution is -0.117. The monoisotopic (exact) mass is 170 g/mol. The molecule has 3 nitrogen and oxygen atoms in total. The van der Waals surface area contributed by atoms with Crippen molar-refractivity contribution in [1.29, 1.82) is 5.26 Å². The summed E-state index contributed by atoms with van der Waals surface area (Å²) in [7, 11) is 0. The second-order valence-corrected chi connectivity index (χ2v) is 2.37. The fourth-order valence-electron chi connectivity index (χ4n) is 0.679. The van der Waals surface area contributed by atoms with Crippen molar-refractivity contribution in [3.8, 4) is 6.07 Å². The SMILES string of the molecule is CC(=CC(C)F)C(=O)NCC#N. The number of carbonyl (C=O) groups excluding carboxylic acids is 1. The molecule has 1 N–H and O–H groups in total. The fourth-order valence-corrected chi connectivity index (χ4v) is 0.679. The van der Waals surface area contributed by atoms with Gasteiger partial charge in [0.05, 0.1) is 6.07 Å². The van der Waals surface area contributed by atoms with Crippen molar-refractivity contribution < 1.29 is 9.18 Å². The van der Waals surface area contributed by atoms with E-state index in [0.29, 0.717) is 5.57 Å². The summed E-state index contributed by atoms with van der Waals surface area (Å²) < 4.78 is 12.3. The number of alkyl halides is 1. The van der Waals surface area contributed by atoms with Gasteiger partial charge in [-0.1, -0.05) is 0 Å². The van der Waals surface area contributed by atoms with Gasteiger partial charge in [0.2, 0.25) is 5.91 Å². The first-order valence-electron chi connectivity index (χ1n) is 3.55. The lowest BCUT2D eigenvalue weighted by Gasteiger charge is -2.00. The van der Waals surface area contributed by atoms with Crippen molar-refractivity contribution in [2.45, 2.75) is 20.0 Å². The molecule has 0 saturated carbocycles. The number of amides is 1. The summed E-state index contributed by atoms with van der Waals surface area (Å²) >= 11 is 0. The second kappa shape index (κ2) is 5.30. The molecule has 0 fully saturated rings. The van der Waals surface area contributed by atoms with Crippen LogP contribution in [0.5, 0.6) is 0 Å². The molecular weight excluding hydrogens is 159 g/mol. The molecule has 12 heavy (non-hydrogen) atoms. The van der Waals surface area contributed by atoms with Crippen LogP contribution < -0.4 is 5.32 Å². The Morgan fingerprint density at radius 3 is 2.83 bits per heavy atom. The average molecular weight is 170 g/mol. The summed E-state index contributed by atoms with van der Waals surface area (Å²) in [5, 5.41) is 10.4. The molecule has 0 aliphatic rings. The van der Waals surface area contributed by atoms with Gasteiger partial charge in [-0.15, -0.1) is 0 Å². The number of nitrogens with zero attached hydrogens (tertiary/aromatic N) is 1. The molecule has 4 heteroatoms. The molecule has 0 radical (unpaired) electrons. The molecule has 0 aliphatic carbocycles. The van der Waals surface area contributed by atoms with Crippen LogP contribution in [0.2, 0.25) is 0 Å². The minimum Gasteiger partial charge on any atom is -0.339 e. The topological polar surface area (TPSA) is 52.9 Å². The molecule has 0 aromatic carbocycles. The quantitative estimate of drug-likeness (QED) is 0.506. The summed E-state index contributed by atoms with van der Waals surface area (Å²) in [4.78, 5) is 10.9. The first-order chi connectivity index (χ1) is 5.57. The maximum atomic E-state index is 12.3. The Balaban J connectivity index is 4.03. The van der Waals surface area contributed by atoms with Crippen LogP contribution in [0.4, 0.5) is 4.39 Å². The van der Waals surface area contributed by atoms with Crippen molar-refractivity contribution in [3.63, 3.8) is 0 Å². The minimum atomic E-state index is -1.14. The van der Waals surface area contributed by atoms with Gasteiger partial charge in [0.1, 0.15) is 12.7 Å². The number of halogens is 1. The summed E-state index contributed by atoms with van der Waals surface area (Å²) in [6, 6.07) is 1.75. The van der Waals surface area contributed by atoms with Crippen LogP contribution in [0.25, 0.3) is 0 Å². The van der Waals surface area contributed by atoms with Crippen molar-refractivity contribution in [2.75, 3.05) is 6.54 Å². The Morgan fingerprint density at radius 1 is 1.83 bits per heavy atom. The molecule has 0 aromatic heterocycles. The zero-order valence-corrected chi connectivity index (χ0v) is 7.10. The van der Waals surface area contributed by atoms with Gasteiger partial charge in [0.25, 0.3) is 0 Å². The van der Waals surface area contributed by atoms with Gasteiger partial charge in [0, 0.05) is 5.57 Å². The predicted molar refractivity (Wildman–Crippen MR) is 42.9 cm³/mol. The van der Waals surface area contributed by atoms with E-state index in [-0.39, 0.29) is 6.54 Å². The van der Waals surface area contributed by atoms with Gasteiger partial charge in [-0.25, -0.2) is 4.39 Å². The van der Waals surface area contributed by atoms with Crippen LogP contribution in [-0.2, 0) is 4.79 Å². The van der Waals surface area contributed by atoms with Crippen molar-refractivity contribution in [3.05, 3.63) is 11.6 Å². The van der Waals surface area contributed by atoms with Gasteiger partial charge >= 0.3 is 0 Å². The lowest BCUT2D eigenvalue weighted by Crippen LogP contribution is -2.24. The van der Waals surface area contributed by atoms with Crippen LogP contribution in [0.1, 0.15) is 13.8 Å². The van der Waals surface area contributed by atoms with E-state index in [1.807, 2.05) is 0 Å². The standard InChI is InChI=1S/C8H11FN2O/c1-6(5-7(2)9)8(12)11-4-3-10/h5,7H,4H2,1-2H3,(H,11,12). The zero-order chi connectivity index (χ0) is 9.56. The van der Waals surface area contributed by atoms with E-state index in [2.05, 4.69) is 5.32 Å². The van der Waals surface area contributed by atoms with E-state index in [4.69, 9.17) is 5.26 Å². The van der Waals surface area contributed by atoms with Crippen LogP contribution in [0, 0.1) is 11.3 Å². The van der Waals surface area contributed by atoms with Crippen LogP contribution >= 0.6 is 0 Å². The number of nitrogens with one attached hydrogen (secondary N) is 1. The van der Waals surface area contributed by atoms with Gasteiger partial charge in [-0.3, -0.25) is 4.79 Å². The molecule has 0 aliphatic heterocycles. The fraction of sp³-hybridized carbons (Fsp3) is 0.500. The maximum absolute atomic E-state index is 12.3. The van der Waals surface area contributed by atoms with E-state index < -0.39 is 12.1 Å². The first-order valence-corrected chi connectivity index (χ1v) is 3.55. The molecule has 0 spiro atoms. The molecule has 1 atom stereocenters. The summed E-state index contributed by atoms with van der Waals surface area (Å²) in [5.41, 5.74) is 0.292. The Hall–Kier alpha value is -1.37. The highest BCUT2D eigenvalue weighted by Crippen LogP contribution is 1.98. The highest BCUT2D eigenvalue weighted by Gasteiger charge is 2.03. The average Bonchev–Trinajstić information content (AvgIpc) is 1.98. The van der Waals surface area contributed by atoms with Gasteiger partial charge < -0.3 is 5.32 Å². The van der Waals surface area contributed by atoms with E-state index >= 15 is 0 Å². The molecule has 0 aromatic rings. The second-order valence-electron chi connectivity index (χ2n) is 2.37. The van der Waals surface area contributed by atoms with Crippen molar-refractivity contribution >= 4 is 5.91 Å². The number of nitriles is 1. The molecule has 0 bridgehead atoms. The molecule has 1 unspecified atom stereocenters. The zero-order valence-electron chi connectivity index (χ0n) is 7.10. The van der Waals surface area contributed by atoms with Crippen molar-refractivity contribution in [2.24, 2.45) is 0 Å². The Labute approximate surface area is 70.9 Å². The molecule has 66 valence electrons. The number of hydrogen-bond acceptors (Lipinski definition) is 2. The smallest absolute Gasteiger partial charge is 0.247 e. The van der Waals surface area contributed by atoms with Crippen LogP contribution in [0.3, 0.4) is 0 Å². The van der Waals surface area contributed by atoms with E-state index in [1.54, 1.807) is 6.07 Å². The Bertz CT molecular complexity index is 228. The summed E-state index contributed by atoms with van der Waals surface area (Å²) in [6.07, 6.45) is 0.0602. The normalized spacial score (nSPS) is 13.3. The highest BCUT2D eigenvalue weighted by atomic mass is 19.1. The molecule has 1 amide bonds. The van der Waals surface area contributed by atoms with Crippen LogP contribution in [-0.4, -0.2) is 18.6 Å². The van der Waals surface area contributed by atoms with Gasteiger partial charge in [-0.05, 0) is 19.9 Å². The lowest BCUT2D eigenvalue weighted by atomic mass is 10.2. The Kier molecular flexibility index (Phi) is 4.70. The minimum absolute atomic E-state index is 0.0509. The third-order valence-corrected chi connectivity index (χ3v) is 1.17. The number of allylic oxidation sites excluding steroid dienone is 1. The first kappa shape index (κ1) is 10.6. The third kappa shape index (κ3) is 4.45. The van der Waals surface area contributed by atoms with Gasteiger partial charge in [0.15, 0.2) is 0 Å². The number of hydrogen-bond donors (Lipinski definition) is 1. The molecule has 0 heterocycles. The number of carbonyl (C=O) groups is 1. The van der Waals surface area contributed by atoms with Crippen LogP contribution in [0.15, 0.2) is 11.6 Å². The van der Waals surface area contributed by atoms with Crippen molar-refractivity contribution in [1.82, 2.24) is 5.32 Å². The predicted octanol–water partition coefficient (Wildman–Crippen LogP) is 0.930. The third-order valence-electron chi connectivity index (χ3n) is 1.17. The largest absolute Gasteiger partial charge is 0.339 e. The highest BCUT2D eigenvalue weighted by molar-refractivity contribution is 5.92. The molecule has 0 saturated heterocycles. The maximum Gasteiger partial charge on any atom is 0.247 e. The molecular formula is C8H11FN2O. The number of rotatable bonds is 3. The van der Waals surface area contributed by atoms with Gasteiger partial charge in [-0.2, -0.15) is 5.26 Å². The van der Waals surface area contributed by atoms with E-state index in [9.17, 15) is 9.18 Å².